The number of hydrogen-bond acceptors (Lipinski definition) is 4. The van der Waals surface area contributed by atoms with Crippen molar-refractivity contribution < 1.29 is 14.3 Å². The summed E-state index contributed by atoms with van der Waals surface area (Å²) in [5.74, 6) is -1.51. The molecule has 3 aromatic rings. The molecule has 0 spiro atoms. The lowest BCUT2D eigenvalue weighted by Crippen LogP contribution is -2.43. The molecule has 26 heavy (non-hydrogen) atoms. The molecule has 1 amide bonds. The van der Waals surface area contributed by atoms with Gasteiger partial charge in [-0.1, -0.05) is 40.2 Å². The maximum Gasteiger partial charge on any atom is 0.321 e. The van der Waals surface area contributed by atoms with Crippen LogP contribution in [0.3, 0.4) is 0 Å². The van der Waals surface area contributed by atoms with Crippen molar-refractivity contribution in [2.75, 3.05) is 11.9 Å². The summed E-state index contributed by atoms with van der Waals surface area (Å²) in [7, 11) is 0. The van der Waals surface area contributed by atoms with Gasteiger partial charge in [0.25, 0.3) is 0 Å². The second-order valence-corrected chi connectivity index (χ2v) is 6.93. The van der Waals surface area contributed by atoms with Crippen LogP contribution in [0, 0.1) is 5.92 Å². The van der Waals surface area contributed by atoms with Gasteiger partial charge in [0.2, 0.25) is 11.9 Å². The molecule has 0 fully saturated rings. The Labute approximate surface area is 158 Å². The maximum atomic E-state index is 12.7. The molecular formula is C19H16BrN3O3. The summed E-state index contributed by atoms with van der Waals surface area (Å²) in [6.45, 7) is 1.94. The number of anilines is 1. The smallest absolute Gasteiger partial charge is 0.321 e. The van der Waals surface area contributed by atoms with Crippen LogP contribution in [0.4, 0.5) is 5.95 Å². The molecule has 7 heteroatoms. The first-order valence-corrected chi connectivity index (χ1v) is 9.09. The molecule has 132 valence electrons. The fraction of sp³-hybridized carbons (Fsp3) is 0.211. The van der Waals surface area contributed by atoms with E-state index in [0.717, 1.165) is 21.1 Å². The highest BCUT2D eigenvalue weighted by molar-refractivity contribution is 9.10. The highest BCUT2D eigenvalue weighted by atomic mass is 79.9. The molecule has 1 aromatic heterocycles. The summed E-state index contributed by atoms with van der Waals surface area (Å²) in [6.07, 6.45) is 0. The molecule has 0 aliphatic carbocycles. The fourth-order valence-electron chi connectivity index (χ4n) is 3.39. The Balaban J connectivity index is 1.97. The van der Waals surface area contributed by atoms with Gasteiger partial charge in [-0.05, 0) is 36.8 Å². The van der Waals surface area contributed by atoms with E-state index in [-0.39, 0.29) is 6.61 Å². The third kappa shape index (κ3) is 2.68. The van der Waals surface area contributed by atoms with E-state index in [4.69, 9.17) is 4.74 Å². The number of aromatic nitrogens is 2. The van der Waals surface area contributed by atoms with Crippen molar-refractivity contribution in [3.8, 4) is 0 Å². The Morgan fingerprint density at radius 1 is 1.27 bits per heavy atom. The van der Waals surface area contributed by atoms with Gasteiger partial charge in [-0.3, -0.25) is 14.9 Å². The minimum absolute atomic E-state index is 0.214. The number of halogens is 1. The number of rotatable bonds is 3. The molecule has 6 nitrogen and oxygen atoms in total. The van der Waals surface area contributed by atoms with Gasteiger partial charge in [-0.15, -0.1) is 0 Å². The summed E-state index contributed by atoms with van der Waals surface area (Å²) in [4.78, 5) is 29.9. The molecule has 4 rings (SSSR count). The van der Waals surface area contributed by atoms with Gasteiger partial charge < -0.3 is 9.30 Å². The maximum absolute atomic E-state index is 12.7. The number of para-hydroxylation sites is 2. The van der Waals surface area contributed by atoms with Crippen LogP contribution in [0.2, 0.25) is 0 Å². The van der Waals surface area contributed by atoms with Gasteiger partial charge in [0.05, 0.1) is 23.7 Å². The second-order valence-electron chi connectivity index (χ2n) is 6.01. The lowest BCUT2D eigenvalue weighted by molar-refractivity contribution is -0.152. The van der Waals surface area contributed by atoms with E-state index in [1.807, 2.05) is 53.1 Å². The fourth-order valence-corrected chi connectivity index (χ4v) is 3.81. The van der Waals surface area contributed by atoms with Crippen molar-refractivity contribution in [1.29, 1.82) is 0 Å². The molecule has 0 bridgehead atoms. The Morgan fingerprint density at radius 3 is 2.85 bits per heavy atom. The summed E-state index contributed by atoms with van der Waals surface area (Å²) < 4.78 is 7.97. The summed E-state index contributed by atoms with van der Waals surface area (Å²) in [5, 5.41) is 2.75. The van der Waals surface area contributed by atoms with E-state index in [0.29, 0.717) is 5.95 Å². The van der Waals surface area contributed by atoms with Gasteiger partial charge in [0, 0.05) is 4.47 Å². The molecule has 1 N–H and O–H groups in total. The van der Waals surface area contributed by atoms with Crippen molar-refractivity contribution in [1.82, 2.24) is 9.55 Å². The summed E-state index contributed by atoms with van der Waals surface area (Å²) >= 11 is 3.47. The number of amides is 1. The molecule has 2 aromatic carbocycles. The zero-order valence-corrected chi connectivity index (χ0v) is 15.6. The molecule has 0 saturated heterocycles. The van der Waals surface area contributed by atoms with Crippen molar-refractivity contribution in [2.24, 2.45) is 5.92 Å². The van der Waals surface area contributed by atoms with E-state index in [2.05, 4.69) is 26.2 Å². The van der Waals surface area contributed by atoms with Crippen LogP contribution < -0.4 is 5.32 Å². The van der Waals surface area contributed by atoms with Crippen LogP contribution in [0.15, 0.2) is 53.0 Å². The number of carbonyl (C=O) groups is 2. The number of carbonyl (C=O) groups excluding carboxylic acids is 2. The number of esters is 1. The van der Waals surface area contributed by atoms with E-state index >= 15 is 0 Å². The Hall–Kier alpha value is -2.67. The quantitative estimate of drug-likeness (QED) is 0.526. The average molecular weight is 414 g/mol. The van der Waals surface area contributed by atoms with Crippen molar-refractivity contribution in [3.05, 3.63) is 58.6 Å². The van der Waals surface area contributed by atoms with Crippen molar-refractivity contribution in [2.45, 2.75) is 13.0 Å². The van der Waals surface area contributed by atoms with Gasteiger partial charge in [0.1, 0.15) is 0 Å². The van der Waals surface area contributed by atoms with Crippen molar-refractivity contribution in [3.63, 3.8) is 0 Å². The minimum atomic E-state index is -0.991. The molecule has 1 aliphatic rings. The second kappa shape index (κ2) is 6.57. The van der Waals surface area contributed by atoms with Crippen LogP contribution in [-0.4, -0.2) is 28.0 Å². The van der Waals surface area contributed by atoms with E-state index in [1.54, 1.807) is 6.92 Å². The van der Waals surface area contributed by atoms with Crippen LogP contribution in [0.5, 0.6) is 0 Å². The Morgan fingerprint density at radius 2 is 2.08 bits per heavy atom. The van der Waals surface area contributed by atoms with Gasteiger partial charge >= 0.3 is 5.97 Å². The lowest BCUT2D eigenvalue weighted by atomic mass is 9.90. The molecule has 0 saturated carbocycles. The number of nitrogens with one attached hydrogen (secondary N) is 1. The van der Waals surface area contributed by atoms with Crippen molar-refractivity contribution >= 4 is 44.8 Å². The lowest BCUT2D eigenvalue weighted by Gasteiger charge is -2.32. The first kappa shape index (κ1) is 16.8. The van der Waals surface area contributed by atoms with E-state index in [1.165, 1.54) is 0 Å². The standard InChI is InChI=1S/C19H16BrN3O3/c1-2-26-18(25)15-16(11-6-5-7-12(20)10-11)23-14-9-4-3-8-13(14)21-19(23)22-17(15)24/h3-10,15-16H,2H2,1H3,(H,21,22,24)/t15-,16-/m1/s1. The summed E-state index contributed by atoms with van der Waals surface area (Å²) in [5.41, 5.74) is 2.44. The topological polar surface area (TPSA) is 73.2 Å². The zero-order valence-electron chi connectivity index (χ0n) is 14.0. The molecule has 2 atom stereocenters. The van der Waals surface area contributed by atoms with Gasteiger partial charge in [-0.25, -0.2) is 4.98 Å². The number of hydrogen-bond donors (Lipinski definition) is 1. The molecule has 2 heterocycles. The van der Waals surface area contributed by atoms with Crippen LogP contribution in [0.25, 0.3) is 11.0 Å². The minimum Gasteiger partial charge on any atom is -0.465 e. The number of ether oxygens (including phenoxy) is 1. The van der Waals surface area contributed by atoms with E-state index < -0.39 is 23.8 Å². The molecular weight excluding hydrogens is 398 g/mol. The average Bonchev–Trinajstić information content (AvgIpc) is 2.98. The first-order valence-electron chi connectivity index (χ1n) is 8.30. The predicted octanol–water partition coefficient (Wildman–Crippen LogP) is 3.52. The number of fused-ring (bicyclic) bond motifs is 3. The van der Waals surface area contributed by atoms with Crippen LogP contribution in [-0.2, 0) is 14.3 Å². The third-order valence-electron chi connectivity index (χ3n) is 4.44. The third-order valence-corrected chi connectivity index (χ3v) is 4.93. The largest absolute Gasteiger partial charge is 0.465 e. The van der Waals surface area contributed by atoms with Crippen LogP contribution in [0.1, 0.15) is 18.5 Å². The number of benzene rings is 2. The zero-order chi connectivity index (χ0) is 18.3. The Bertz CT molecular complexity index is 1010. The first-order chi connectivity index (χ1) is 12.6. The number of imidazole rings is 1. The SMILES string of the molecule is CCOC(=O)[C@H]1C(=O)Nc2nc3ccccc3n2[C@@H]1c1cccc(Br)c1. The Kier molecular flexibility index (Phi) is 4.24. The highest BCUT2D eigenvalue weighted by Gasteiger charge is 2.44. The van der Waals surface area contributed by atoms with E-state index in [9.17, 15) is 9.59 Å². The monoisotopic (exact) mass is 413 g/mol. The molecule has 0 unspecified atom stereocenters. The summed E-state index contributed by atoms with van der Waals surface area (Å²) in [6, 6.07) is 14.7. The van der Waals surface area contributed by atoms with Crippen LogP contribution >= 0.6 is 15.9 Å². The van der Waals surface area contributed by atoms with Gasteiger partial charge in [-0.2, -0.15) is 0 Å². The normalized spacial score (nSPS) is 19.1. The van der Waals surface area contributed by atoms with Gasteiger partial charge in [0.15, 0.2) is 5.92 Å². The molecule has 0 radical (unpaired) electrons. The highest BCUT2D eigenvalue weighted by Crippen LogP contribution is 2.39. The molecule has 1 aliphatic heterocycles. The number of nitrogens with zero attached hydrogens (tertiary/aromatic N) is 2. The predicted molar refractivity (Wildman–Crippen MR) is 101 cm³/mol.